The van der Waals surface area contributed by atoms with E-state index in [-0.39, 0.29) is 6.61 Å². The lowest BCUT2D eigenvalue weighted by atomic mass is 10.1. The molecule has 0 amide bonds. The van der Waals surface area contributed by atoms with E-state index >= 15 is 0 Å². The summed E-state index contributed by atoms with van der Waals surface area (Å²) in [5.41, 5.74) is 1.22. The smallest absolute Gasteiger partial charge is 0.119 e. The summed E-state index contributed by atoms with van der Waals surface area (Å²) in [4.78, 5) is 4.77. The van der Waals surface area contributed by atoms with E-state index < -0.39 is 0 Å². The average molecular weight is 264 g/mol. The van der Waals surface area contributed by atoms with Crippen molar-refractivity contribution in [2.75, 3.05) is 45.3 Å². The Kier molecular flexibility index (Phi) is 5.05. The fourth-order valence-electron chi connectivity index (χ4n) is 2.75. The monoisotopic (exact) mass is 264 g/mol. The third-order valence-corrected chi connectivity index (χ3v) is 3.77. The quantitative estimate of drug-likeness (QED) is 0.896. The zero-order valence-corrected chi connectivity index (χ0v) is 11.9. The van der Waals surface area contributed by atoms with Gasteiger partial charge in [-0.1, -0.05) is 0 Å². The zero-order valence-electron chi connectivity index (χ0n) is 11.9. The summed E-state index contributed by atoms with van der Waals surface area (Å²) in [6.07, 6.45) is 1.97. The summed E-state index contributed by atoms with van der Waals surface area (Å²) >= 11 is 0. The van der Waals surface area contributed by atoms with Gasteiger partial charge in [0.2, 0.25) is 0 Å². The Morgan fingerprint density at radius 3 is 2.63 bits per heavy atom. The molecule has 1 aliphatic heterocycles. The second-order valence-corrected chi connectivity index (χ2v) is 5.17. The van der Waals surface area contributed by atoms with E-state index in [0.717, 1.165) is 38.2 Å². The molecule has 1 aromatic rings. The Hall–Kier alpha value is -1.26. The number of anilines is 1. The number of methoxy groups -OCH3 is 1. The normalized spacial score (nSPS) is 21.2. The van der Waals surface area contributed by atoms with Crippen LogP contribution in [-0.4, -0.2) is 56.4 Å². The minimum Gasteiger partial charge on any atom is -0.497 e. The van der Waals surface area contributed by atoms with E-state index in [1.165, 1.54) is 5.69 Å². The van der Waals surface area contributed by atoms with Gasteiger partial charge in [-0.3, -0.25) is 0 Å². The molecule has 0 bridgehead atoms. The van der Waals surface area contributed by atoms with Gasteiger partial charge in [0.1, 0.15) is 5.75 Å². The molecule has 19 heavy (non-hydrogen) atoms. The molecule has 1 heterocycles. The first-order chi connectivity index (χ1) is 9.24. The van der Waals surface area contributed by atoms with Crippen molar-refractivity contribution >= 4 is 5.69 Å². The first-order valence-corrected chi connectivity index (χ1v) is 6.94. The minimum absolute atomic E-state index is 0.241. The molecule has 4 heteroatoms. The van der Waals surface area contributed by atoms with Crippen molar-refractivity contribution in [1.29, 1.82) is 0 Å². The van der Waals surface area contributed by atoms with Crippen LogP contribution in [0, 0.1) is 0 Å². The van der Waals surface area contributed by atoms with Crippen LogP contribution >= 0.6 is 0 Å². The van der Waals surface area contributed by atoms with Crippen LogP contribution in [0.15, 0.2) is 24.3 Å². The topological polar surface area (TPSA) is 35.9 Å². The highest BCUT2D eigenvalue weighted by molar-refractivity contribution is 5.50. The maximum Gasteiger partial charge on any atom is 0.119 e. The van der Waals surface area contributed by atoms with Crippen molar-refractivity contribution in [2.24, 2.45) is 0 Å². The molecule has 1 fully saturated rings. The highest BCUT2D eigenvalue weighted by Crippen LogP contribution is 2.24. The maximum absolute atomic E-state index is 9.28. The van der Waals surface area contributed by atoms with E-state index in [1.54, 1.807) is 7.11 Å². The van der Waals surface area contributed by atoms with Crippen LogP contribution in [0.2, 0.25) is 0 Å². The van der Waals surface area contributed by atoms with Crippen LogP contribution in [0.4, 0.5) is 5.69 Å². The Morgan fingerprint density at radius 2 is 2.00 bits per heavy atom. The number of benzene rings is 1. The lowest BCUT2D eigenvalue weighted by Gasteiger charge is -2.32. The molecular formula is C15H24N2O2. The third-order valence-electron chi connectivity index (χ3n) is 3.77. The van der Waals surface area contributed by atoms with E-state index in [4.69, 9.17) is 4.74 Å². The second-order valence-electron chi connectivity index (χ2n) is 5.17. The fraction of sp³-hybridized carbons (Fsp3) is 0.600. The lowest BCUT2D eigenvalue weighted by Crippen LogP contribution is -2.40. The molecule has 1 aliphatic rings. The van der Waals surface area contributed by atoms with Crippen molar-refractivity contribution in [1.82, 2.24) is 4.90 Å². The first-order valence-electron chi connectivity index (χ1n) is 6.94. The Bertz CT molecular complexity index is 380. The molecular weight excluding hydrogens is 240 g/mol. The number of aliphatic hydroxyl groups excluding tert-OH is 1. The second kappa shape index (κ2) is 6.78. The molecule has 4 nitrogen and oxygen atoms in total. The molecule has 1 atom stereocenters. The maximum atomic E-state index is 9.28. The molecule has 0 radical (unpaired) electrons. The third kappa shape index (κ3) is 3.61. The molecule has 106 valence electrons. The predicted octanol–water partition coefficient (Wildman–Crippen LogP) is 1.59. The van der Waals surface area contributed by atoms with Crippen LogP contribution in [0.3, 0.4) is 0 Å². The van der Waals surface area contributed by atoms with Crippen molar-refractivity contribution in [3.05, 3.63) is 24.3 Å². The summed E-state index contributed by atoms with van der Waals surface area (Å²) in [6.45, 7) is 3.41. The Balaban J connectivity index is 2.17. The van der Waals surface area contributed by atoms with Gasteiger partial charge in [-0.2, -0.15) is 0 Å². The first kappa shape index (κ1) is 14.2. The number of aliphatic hydroxyl groups is 1. The average Bonchev–Trinajstić information content (AvgIpc) is 2.61. The SMILES string of the molecule is COc1ccc(N2CCCN(C)CC2CCO)cc1. The van der Waals surface area contributed by atoms with Gasteiger partial charge in [0.25, 0.3) is 0 Å². The largest absolute Gasteiger partial charge is 0.497 e. The molecule has 1 unspecified atom stereocenters. The van der Waals surface area contributed by atoms with E-state index in [0.29, 0.717) is 6.04 Å². The molecule has 1 N–H and O–H groups in total. The number of rotatable bonds is 4. The van der Waals surface area contributed by atoms with Gasteiger partial charge in [0.05, 0.1) is 7.11 Å². The van der Waals surface area contributed by atoms with Crippen LogP contribution in [0.5, 0.6) is 5.75 Å². The summed E-state index contributed by atoms with van der Waals surface area (Å²) in [6, 6.07) is 8.59. The Morgan fingerprint density at radius 1 is 1.26 bits per heavy atom. The molecule has 2 rings (SSSR count). The standard InChI is InChI=1S/C15H24N2O2/c1-16-9-3-10-17(14(12-16)8-11-18)13-4-6-15(19-2)7-5-13/h4-7,14,18H,3,8-12H2,1-2H3. The molecule has 0 saturated carbocycles. The van der Waals surface area contributed by atoms with E-state index in [2.05, 4.69) is 29.0 Å². The molecule has 1 saturated heterocycles. The van der Waals surface area contributed by atoms with Gasteiger partial charge < -0.3 is 19.6 Å². The number of nitrogens with zero attached hydrogens (tertiary/aromatic N) is 2. The molecule has 0 spiro atoms. The number of hydrogen-bond donors (Lipinski definition) is 1. The number of likely N-dealkylation sites (N-methyl/N-ethyl adjacent to an activating group) is 1. The molecule has 1 aromatic carbocycles. The highest BCUT2D eigenvalue weighted by Gasteiger charge is 2.23. The van der Waals surface area contributed by atoms with Gasteiger partial charge >= 0.3 is 0 Å². The van der Waals surface area contributed by atoms with Gasteiger partial charge in [-0.15, -0.1) is 0 Å². The van der Waals surface area contributed by atoms with Crippen molar-refractivity contribution in [3.63, 3.8) is 0 Å². The van der Waals surface area contributed by atoms with Crippen molar-refractivity contribution in [2.45, 2.75) is 18.9 Å². The van der Waals surface area contributed by atoms with Gasteiger partial charge in [0.15, 0.2) is 0 Å². The van der Waals surface area contributed by atoms with Crippen LogP contribution < -0.4 is 9.64 Å². The van der Waals surface area contributed by atoms with Crippen LogP contribution in [0.1, 0.15) is 12.8 Å². The number of ether oxygens (including phenoxy) is 1. The molecule has 0 aliphatic carbocycles. The summed E-state index contributed by atoms with van der Waals surface area (Å²) in [5, 5.41) is 9.28. The summed E-state index contributed by atoms with van der Waals surface area (Å²) in [5.74, 6) is 0.884. The molecule has 0 aromatic heterocycles. The summed E-state index contributed by atoms with van der Waals surface area (Å²) in [7, 11) is 3.84. The van der Waals surface area contributed by atoms with Gasteiger partial charge in [-0.25, -0.2) is 0 Å². The summed E-state index contributed by atoms with van der Waals surface area (Å²) < 4.78 is 5.21. The van der Waals surface area contributed by atoms with Crippen molar-refractivity contribution in [3.8, 4) is 5.75 Å². The van der Waals surface area contributed by atoms with E-state index in [1.807, 2.05) is 12.1 Å². The van der Waals surface area contributed by atoms with Crippen LogP contribution in [0.25, 0.3) is 0 Å². The highest BCUT2D eigenvalue weighted by atomic mass is 16.5. The lowest BCUT2D eigenvalue weighted by molar-refractivity contribution is 0.253. The number of hydrogen-bond acceptors (Lipinski definition) is 4. The Labute approximate surface area is 115 Å². The van der Waals surface area contributed by atoms with E-state index in [9.17, 15) is 5.11 Å². The zero-order chi connectivity index (χ0) is 13.7. The fourth-order valence-corrected chi connectivity index (χ4v) is 2.75. The van der Waals surface area contributed by atoms with Crippen molar-refractivity contribution < 1.29 is 9.84 Å². The predicted molar refractivity (Wildman–Crippen MR) is 77.9 cm³/mol. The van der Waals surface area contributed by atoms with Gasteiger partial charge in [-0.05, 0) is 50.7 Å². The minimum atomic E-state index is 0.241. The van der Waals surface area contributed by atoms with Gasteiger partial charge in [0, 0.05) is 31.4 Å². The van der Waals surface area contributed by atoms with Crippen LogP contribution in [-0.2, 0) is 0 Å².